The van der Waals surface area contributed by atoms with Gasteiger partial charge < -0.3 is 4.74 Å². The van der Waals surface area contributed by atoms with Crippen molar-refractivity contribution in [2.45, 2.75) is 68.9 Å². The van der Waals surface area contributed by atoms with Crippen molar-refractivity contribution >= 4 is 10.0 Å². The Bertz CT molecular complexity index is 740. The molecule has 2 aliphatic heterocycles. The zero-order chi connectivity index (χ0) is 18.2. The first kappa shape index (κ1) is 18.3. The number of rotatable bonds is 5. The van der Waals surface area contributed by atoms with E-state index in [0.717, 1.165) is 63.9 Å². The average molecular weight is 380 g/mol. The van der Waals surface area contributed by atoms with Crippen LogP contribution < -0.4 is 4.72 Å². The normalized spacial score (nSPS) is 26.9. The van der Waals surface area contributed by atoms with Crippen molar-refractivity contribution in [3.63, 3.8) is 0 Å². The lowest BCUT2D eigenvalue weighted by Crippen LogP contribution is -2.53. The summed E-state index contributed by atoms with van der Waals surface area (Å²) in [6, 6.07) is 4.11. The van der Waals surface area contributed by atoms with Gasteiger partial charge in [-0.2, -0.15) is 0 Å². The fourth-order valence-corrected chi connectivity index (χ4v) is 5.81. The first-order valence-corrected chi connectivity index (χ1v) is 11.3. The monoisotopic (exact) mass is 379 g/mol. The fraction of sp³-hybridized carbons (Fsp3) is 0.737. The molecule has 26 heavy (non-hydrogen) atoms. The maximum atomic E-state index is 12.3. The summed E-state index contributed by atoms with van der Waals surface area (Å²) in [4.78, 5) is 6.93. The van der Waals surface area contributed by atoms with Gasteiger partial charge in [-0.25, -0.2) is 13.1 Å². The molecule has 3 aliphatic rings. The molecule has 0 aromatic carbocycles. The molecule has 6 nitrogen and oxygen atoms in total. The molecular formula is C19H29N3O3S. The van der Waals surface area contributed by atoms with E-state index in [-0.39, 0.29) is 16.9 Å². The van der Waals surface area contributed by atoms with E-state index in [9.17, 15) is 8.42 Å². The number of piperidine rings is 1. The summed E-state index contributed by atoms with van der Waals surface area (Å²) in [6.07, 6.45) is 6.98. The number of aromatic nitrogens is 1. The van der Waals surface area contributed by atoms with Gasteiger partial charge >= 0.3 is 0 Å². The molecule has 4 rings (SSSR count). The summed E-state index contributed by atoms with van der Waals surface area (Å²) in [5, 5.41) is -0.148. The highest BCUT2D eigenvalue weighted by molar-refractivity contribution is 7.90. The lowest BCUT2D eigenvalue weighted by molar-refractivity contribution is -0.118. The molecule has 1 aromatic heterocycles. The summed E-state index contributed by atoms with van der Waals surface area (Å²) in [6.45, 7) is 5.57. The van der Waals surface area contributed by atoms with Crippen molar-refractivity contribution < 1.29 is 13.2 Å². The molecule has 2 saturated heterocycles. The van der Waals surface area contributed by atoms with Crippen molar-refractivity contribution in [3.8, 4) is 0 Å². The third kappa shape index (κ3) is 4.11. The average Bonchev–Trinajstić information content (AvgIpc) is 3.45. The fourth-order valence-electron chi connectivity index (χ4n) is 4.20. The van der Waals surface area contributed by atoms with Gasteiger partial charge in [-0.05, 0) is 57.1 Å². The van der Waals surface area contributed by atoms with Gasteiger partial charge in [0.15, 0.2) is 0 Å². The largest absolute Gasteiger partial charge is 0.375 e. The molecule has 1 N–H and O–H groups in total. The molecule has 7 heteroatoms. The van der Waals surface area contributed by atoms with Crippen molar-refractivity contribution in [3.05, 3.63) is 29.6 Å². The van der Waals surface area contributed by atoms with Crippen LogP contribution in [0, 0.1) is 6.92 Å². The lowest BCUT2D eigenvalue weighted by Gasteiger charge is -2.46. The van der Waals surface area contributed by atoms with Crippen LogP contribution in [0.3, 0.4) is 0 Å². The summed E-state index contributed by atoms with van der Waals surface area (Å²) in [5.41, 5.74) is 2.21. The summed E-state index contributed by atoms with van der Waals surface area (Å²) >= 11 is 0. The number of nitrogens with zero attached hydrogens (tertiary/aromatic N) is 2. The molecule has 144 valence electrons. The summed E-state index contributed by atoms with van der Waals surface area (Å²) in [5.74, 6) is 0. The molecule has 1 spiro atoms. The van der Waals surface area contributed by atoms with Gasteiger partial charge in [-0.1, -0.05) is 6.07 Å². The quantitative estimate of drug-likeness (QED) is 0.847. The number of hydrogen-bond acceptors (Lipinski definition) is 5. The van der Waals surface area contributed by atoms with Crippen LogP contribution in [-0.4, -0.2) is 54.9 Å². The van der Waals surface area contributed by atoms with E-state index >= 15 is 0 Å². The Kier molecular flexibility index (Phi) is 5.07. The minimum absolute atomic E-state index is 0.0268. The van der Waals surface area contributed by atoms with Gasteiger partial charge in [0.1, 0.15) is 0 Å². The van der Waals surface area contributed by atoms with Crippen LogP contribution >= 0.6 is 0 Å². The first-order chi connectivity index (χ1) is 12.5. The van der Waals surface area contributed by atoms with Gasteiger partial charge in [0.2, 0.25) is 10.0 Å². The molecule has 1 saturated carbocycles. The topological polar surface area (TPSA) is 71.5 Å². The van der Waals surface area contributed by atoms with Crippen LogP contribution in [0.2, 0.25) is 0 Å². The van der Waals surface area contributed by atoms with Crippen LogP contribution in [0.15, 0.2) is 18.3 Å². The maximum Gasteiger partial charge on any atom is 0.214 e. The third-order valence-electron chi connectivity index (χ3n) is 6.05. The summed E-state index contributed by atoms with van der Waals surface area (Å²) < 4.78 is 33.6. The van der Waals surface area contributed by atoms with Gasteiger partial charge in [-0.15, -0.1) is 0 Å². The molecule has 3 fully saturated rings. The van der Waals surface area contributed by atoms with Crippen molar-refractivity contribution in [1.29, 1.82) is 0 Å². The standard InChI is InChI=1S/C19H29N3O3S/c1-15-3-2-9-20-18(15)14-22-10-7-19(8-11-22)13-16(6-12-25-19)21-26(23,24)17-4-5-17/h2-3,9,16-17,21H,4-8,10-14H2,1H3/t16-/m0/s1. The van der Waals surface area contributed by atoms with Crippen molar-refractivity contribution in [2.75, 3.05) is 19.7 Å². The van der Waals surface area contributed by atoms with E-state index in [4.69, 9.17) is 4.74 Å². The van der Waals surface area contributed by atoms with E-state index in [2.05, 4.69) is 27.6 Å². The van der Waals surface area contributed by atoms with Crippen LogP contribution in [0.4, 0.5) is 0 Å². The zero-order valence-corrected chi connectivity index (χ0v) is 16.3. The van der Waals surface area contributed by atoms with E-state index < -0.39 is 10.0 Å². The predicted octanol–water partition coefficient (Wildman–Crippen LogP) is 1.99. The van der Waals surface area contributed by atoms with Crippen LogP contribution in [0.1, 0.15) is 49.8 Å². The molecule has 0 amide bonds. The van der Waals surface area contributed by atoms with Gasteiger partial charge in [0.05, 0.1) is 16.5 Å². The molecule has 1 atom stereocenters. The number of pyridine rings is 1. The molecule has 0 bridgehead atoms. The highest BCUT2D eigenvalue weighted by Gasteiger charge is 2.43. The second kappa shape index (κ2) is 7.19. The Morgan fingerprint density at radius 2 is 2.08 bits per heavy atom. The highest BCUT2D eigenvalue weighted by atomic mass is 32.2. The second-order valence-electron chi connectivity index (χ2n) is 8.13. The molecule has 3 heterocycles. The molecule has 0 radical (unpaired) electrons. The Morgan fingerprint density at radius 3 is 2.77 bits per heavy atom. The van der Waals surface area contributed by atoms with E-state index in [1.54, 1.807) is 0 Å². The SMILES string of the molecule is Cc1cccnc1CN1CCC2(CC1)C[C@@H](NS(=O)(=O)C1CC1)CCO2. The predicted molar refractivity (Wildman–Crippen MR) is 100 cm³/mol. The number of aryl methyl sites for hydroxylation is 1. The zero-order valence-electron chi connectivity index (χ0n) is 15.5. The van der Waals surface area contributed by atoms with Crippen LogP contribution in [0.25, 0.3) is 0 Å². The Hall–Kier alpha value is -1.02. The summed E-state index contributed by atoms with van der Waals surface area (Å²) in [7, 11) is -3.12. The molecule has 1 aliphatic carbocycles. The maximum absolute atomic E-state index is 12.3. The van der Waals surface area contributed by atoms with Crippen LogP contribution in [0.5, 0.6) is 0 Å². The van der Waals surface area contributed by atoms with E-state index in [1.807, 2.05) is 12.3 Å². The minimum atomic E-state index is -3.12. The first-order valence-electron chi connectivity index (χ1n) is 9.74. The molecule has 0 unspecified atom stereocenters. The second-order valence-corrected chi connectivity index (χ2v) is 10.1. The van der Waals surface area contributed by atoms with E-state index in [0.29, 0.717) is 6.61 Å². The lowest BCUT2D eigenvalue weighted by atomic mass is 9.82. The number of hydrogen-bond donors (Lipinski definition) is 1. The van der Waals surface area contributed by atoms with Crippen molar-refractivity contribution in [1.82, 2.24) is 14.6 Å². The number of likely N-dealkylation sites (tertiary alicyclic amines) is 1. The Balaban J connectivity index is 1.33. The number of sulfonamides is 1. The van der Waals surface area contributed by atoms with Gasteiger partial charge in [-0.3, -0.25) is 9.88 Å². The number of ether oxygens (including phenoxy) is 1. The minimum Gasteiger partial charge on any atom is -0.375 e. The molecule has 1 aromatic rings. The van der Waals surface area contributed by atoms with Crippen LogP contribution in [-0.2, 0) is 21.3 Å². The highest BCUT2D eigenvalue weighted by Crippen LogP contribution is 2.36. The third-order valence-corrected chi connectivity index (χ3v) is 8.06. The van der Waals surface area contributed by atoms with E-state index in [1.165, 1.54) is 5.56 Å². The smallest absolute Gasteiger partial charge is 0.214 e. The number of nitrogens with one attached hydrogen (secondary N) is 1. The van der Waals surface area contributed by atoms with Crippen molar-refractivity contribution in [2.24, 2.45) is 0 Å². The van der Waals surface area contributed by atoms with Gasteiger partial charge in [0, 0.05) is 38.5 Å². The Labute approximate surface area is 156 Å². The Morgan fingerprint density at radius 1 is 1.31 bits per heavy atom. The molecular weight excluding hydrogens is 350 g/mol. The van der Waals surface area contributed by atoms with Gasteiger partial charge in [0.25, 0.3) is 0 Å².